The third-order valence-electron chi connectivity index (χ3n) is 2.22. The molecule has 1 aliphatic rings. The highest BCUT2D eigenvalue weighted by atomic mass is 19.1. The van der Waals surface area contributed by atoms with Crippen molar-refractivity contribution in [3.8, 4) is 0 Å². The molecular weight excluding hydrogens is 199 g/mol. The molecule has 1 N–H and O–H groups in total. The van der Waals surface area contributed by atoms with Crippen molar-refractivity contribution in [1.82, 2.24) is 15.3 Å². The number of rotatable bonds is 2. The average Bonchev–Trinajstić information content (AvgIpc) is 2.12. The highest BCUT2D eigenvalue weighted by Gasteiger charge is 2.30. The predicted octanol–water partition coefficient (Wildman–Crippen LogP) is -0.0596. The summed E-state index contributed by atoms with van der Waals surface area (Å²) in [6.07, 6.45) is 2.76. The minimum absolute atomic E-state index is 0.0701. The van der Waals surface area contributed by atoms with Crippen molar-refractivity contribution in [2.45, 2.75) is 13.0 Å². The number of anilines is 1. The Bertz CT molecular complexity index is 378. The van der Waals surface area contributed by atoms with E-state index in [0.717, 1.165) is 0 Å². The van der Waals surface area contributed by atoms with Crippen LogP contribution >= 0.6 is 0 Å². The van der Waals surface area contributed by atoms with Crippen LogP contribution < -0.4 is 10.2 Å². The Hall–Kier alpha value is -1.72. The van der Waals surface area contributed by atoms with Gasteiger partial charge in [0.25, 0.3) is 5.95 Å². The number of aromatic nitrogens is 2. The van der Waals surface area contributed by atoms with Gasteiger partial charge in [0.15, 0.2) is 5.82 Å². The molecule has 1 amide bonds. The van der Waals surface area contributed by atoms with Crippen LogP contribution in [0.15, 0.2) is 12.4 Å². The van der Waals surface area contributed by atoms with E-state index in [0.29, 0.717) is 13.1 Å². The monoisotopic (exact) mass is 210 g/mol. The van der Waals surface area contributed by atoms with Crippen molar-refractivity contribution in [2.75, 3.05) is 18.0 Å². The quantitative estimate of drug-likeness (QED) is 0.743. The average molecular weight is 210 g/mol. The number of amides is 1. The lowest BCUT2D eigenvalue weighted by Crippen LogP contribution is -2.59. The summed E-state index contributed by atoms with van der Waals surface area (Å²) >= 11 is 0. The van der Waals surface area contributed by atoms with Crippen LogP contribution in [0.25, 0.3) is 0 Å². The fraction of sp³-hybridized carbons (Fsp3) is 0.444. The Balaban J connectivity index is 1.95. The zero-order valence-electron chi connectivity index (χ0n) is 8.27. The van der Waals surface area contributed by atoms with Gasteiger partial charge in [-0.15, -0.1) is 0 Å². The smallest absolute Gasteiger partial charge is 0.255 e. The number of nitrogens with one attached hydrogen (secondary N) is 1. The molecule has 0 spiro atoms. The normalized spacial score (nSPS) is 16.0. The molecule has 6 heteroatoms. The van der Waals surface area contributed by atoms with Gasteiger partial charge in [-0.05, 0) is 0 Å². The topological polar surface area (TPSA) is 58.1 Å². The molecule has 2 heterocycles. The molecule has 0 unspecified atom stereocenters. The second-order valence-electron chi connectivity index (χ2n) is 3.47. The van der Waals surface area contributed by atoms with E-state index in [4.69, 9.17) is 0 Å². The number of hydrogen-bond acceptors (Lipinski definition) is 4. The maximum atomic E-state index is 13.1. The van der Waals surface area contributed by atoms with Crippen molar-refractivity contribution in [1.29, 1.82) is 0 Å². The molecular formula is C9H11FN4O. The van der Waals surface area contributed by atoms with Gasteiger partial charge in [0, 0.05) is 32.4 Å². The summed E-state index contributed by atoms with van der Waals surface area (Å²) in [5, 5.41) is 2.75. The zero-order valence-corrected chi connectivity index (χ0v) is 8.27. The molecule has 0 aromatic carbocycles. The maximum Gasteiger partial charge on any atom is 0.255 e. The van der Waals surface area contributed by atoms with E-state index in [-0.39, 0.29) is 17.8 Å². The summed E-state index contributed by atoms with van der Waals surface area (Å²) in [7, 11) is 0. The molecule has 1 fully saturated rings. The van der Waals surface area contributed by atoms with Crippen molar-refractivity contribution >= 4 is 11.7 Å². The van der Waals surface area contributed by atoms with Gasteiger partial charge in [-0.3, -0.25) is 4.79 Å². The minimum atomic E-state index is -0.571. The van der Waals surface area contributed by atoms with Crippen LogP contribution in [0.5, 0.6) is 0 Å². The van der Waals surface area contributed by atoms with E-state index >= 15 is 0 Å². The number of nitrogens with zero attached hydrogens (tertiary/aromatic N) is 3. The van der Waals surface area contributed by atoms with Crippen molar-refractivity contribution in [3.05, 3.63) is 18.3 Å². The van der Waals surface area contributed by atoms with Gasteiger partial charge in [0.05, 0.1) is 6.04 Å². The number of halogens is 1. The van der Waals surface area contributed by atoms with Crippen LogP contribution in [-0.4, -0.2) is 35.0 Å². The van der Waals surface area contributed by atoms with Gasteiger partial charge < -0.3 is 10.2 Å². The van der Waals surface area contributed by atoms with Crippen LogP contribution in [-0.2, 0) is 4.79 Å². The molecule has 2 rings (SSSR count). The Morgan fingerprint density at radius 2 is 2.20 bits per heavy atom. The van der Waals surface area contributed by atoms with Crippen molar-refractivity contribution in [3.63, 3.8) is 0 Å². The van der Waals surface area contributed by atoms with Gasteiger partial charge in [0.1, 0.15) is 0 Å². The summed E-state index contributed by atoms with van der Waals surface area (Å²) in [6.45, 7) is 2.62. The molecule has 80 valence electrons. The first-order valence-corrected chi connectivity index (χ1v) is 4.65. The molecule has 0 aliphatic carbocycles. The van der Waals surface area contributed by atoms with Crippen LogP contribution in [0.3, 0.4) is 0 Å². The van der Waals surface area contributed by atoms with Gasteiger partial charge in [-0.2, -0.15) is 4.39 Å². The summed E-state index contributed by atoms with van der Waals surface area (Å²) < 4.78 is 13.1. The van der Waals surface area contributed by atoms with E-state index in [2.05, 4.69) is 15.3 Å². The fourth-order valence-electron chi connectivity index (χ4n) is 1.56. The second-order valence-corrected chi connectivity index (χ2v) is 3.47. The lowest BCUT2D eigenvalue weighted by atomic mass is 10.1. The SMILES string of the molecule is CC(=O)NC1CN(c2nccnc2F)C1. The molecule has 0 radical (unpaired) electrons. The Kier molecular flexibility index (Phi) is 2.49. The standard InChI is InChI=1S/C9H11FN4O/c1-6(15)13-7-4-14(5-7)9-8(10)11-2-3-12-9/h2-3,7H,4-5H2,1H3,(H,13,15). The largest absolute Gasteiger partial charge is 0.350 e. The molecule has 1 aromatic rings. The number of hydrogen-bond donors (Lipinski definition) is 1. The van der Waals surface area contributed by atoms with Gasteiger partial charge >= 0.3 is 0 Å². The van der Waals surface area contributed by atoms with E-state index in [1.807, 2.05) is 0 Å². The van der Waals surface area contributed by atoms with Crippen molar-refractivity contribution < 1.29 is 9.18 Å². The molecule has 5 nitrogen and oxygen atoms in total. The first-order valence-electron chi connectivity index (χ1n) is 4.65. The van der Waals surface area contributed by atoms with Crippen LogP contribution in [0.1, 0.15) is 6.92 Å². The van der Waals surface area contributed by atoms with Gasteiger partial charge in [-0.25, -0.2) is 9.97 Å². The zero-order chi connectivity index (χ0) is 10.8. The first kappa shape index (κ1) is 9.82. The summed E-state index contributed by atoms with van der Waals surface area (Å²) in [5.74, 6) is -0.392. The number of carbonyl (C=O) groups is 1. The first-order chi connectivity index (χ1) is 7.16. The third-order valence-corrected chi connectivity index (χ3v) is 2.22. The van der Waals surface area contributed by atoms with Crippen LogP contribution in [0.4, 0.5) is 10.2 Å². The van der Waals surface area contributed by atoms with E-state index in [9.17, 15) is 9.18 Å². The van der Waals surface area contributed by atoms with E-state index in [1.54, 1.807) is 4.90 Å². The minimum Gasteiger partial charge on any atom is -0.350 e. The van der Waals surface area contributed by atoms with E-state index < -0.39 is 5.95 Å². The molecule has 1 saturated heterocycles. The molecule has 1 aromatic heterocycles. The lowest BCUT2D eigenvalue weighted by Gasteiger charge is -2.39. The van der Waals surface area contributed by atoms with Crippen molar-refractivity contribution in [2.24, 2.45) is 0 Å². The van der Waals surface area contributed by atoms with Gasteiger partial charge in [0.2, 0.25) is 5.91 Å². The Morgan fingerprint density at radius 3 is 2.80 bits per heavy atom. The Morgan fingerprint density at radius 1 is 1.53 bits per heavy atom. The second kappa shape index (κ2) is 3.80. The fourth-order valence-corrected chi connectivity index (χ4v) is 1.56. The maximum absolute atomic E-state index is 13.1. The van der Waals surface area contributed by atoms with Crippen LogP contribution in [0, 0.1) is 5.95 Å². The van der Waals surface area contributed by atoms with E-state index in [1.165, 1.54) is 19.3 Å². The predicted molar refractivity (Wildman–Crippen MR) is 51.8 cm³/mol. The van der Waals surface area contributed by atoms with Crippen LogP contribution in [0.2, 0.25) is 0 Å². The molecule has 0 atom stereocenters. The number of carbonyl (C=O) groups excluding carboxylic acids is 1. The lowest BCUT2D eigenvalue weighted by molar-refractivity contribution is -0.119. The molecule has 0 saturated carbocycles. The summed E-state index contributed by atoms with van der Waals surface area (Å²) in [5.41, 5.74) is 0. The summed E-state index contributed by atoms with van der Waals surface area (Å²) in [6, 6.07) is 0.0870. The highest BCUT2D eigenvalue weighted by molar-refractivity contribution is 5.73. The molecule has 1 aliphatic heterocycles. The molecule has 0 bridgehead atoms. The summed E-state index contributed by atoms with van der Waals surface area (Å²) in [4.78, 5) is 19.9. The Labute approximate surface area is 86.3 Å². The van der Waals surface area contributed by atoms with Gasteiger partial charge in [-0.1, -0.05) is 0 Å². The third kappa shape index (κ3) is 2.03. The highest BCUT2D eigenvalue weighted by Crippen LogP contribution is 2.19. The molecule has 15 heavy (non-hydrogen) atoms.